The third-order valence-corrected chi connectivity index (χ3v) is 4.67. The van der Waals surface area contributed by atoms with Crippen molar-refractivity contribution in [1.82, 2.24) is 9.97 Å². The second kappa shape index (κ2) is 5.98. The summed E-state index contributed by atoms with van der Waals surface area (Å²) in [6.07, 6.45) is 9.60. The van der Waals surface area contributed by atoms with E-state index in [4.69, 9.17) is 0 Å². The van der Waals surface area contributed by atoms with E-state index in [-0.39, 0.29) is 0 Å². The van der Waals surface area contributed by atoms with Gasteiger partial charge in [0, 0.05) is 23.2 Å². The fourth-order valence-electron chi connectivity index (χ4n) is 3.46. The van der Waals surface area contributed by atoms with Gasteiger partial charge < -0.3 is 0 Å². The molecule has 2 aromatic heterocycles. The predicted octanol–water partition coefficient (Wildman–Crippen LogP) is 5.71. The van der Waals surface area contributed by atoms with Crippen LogP contribution in [0.1, 0.15) is 5.56 Å². The van der Waals surface area contributed by atoms with Crippen molar-refractivity contribution in [2.45, 2.75) is 0 Å². The molecule has 0 aliphatic heterocycles. The minimum absolute atomic E-state index is 0.922. The molecule has 0 saturated carbocycles. The molecule has 0 saturated heterocycles. The highest BCUT2D eigenvalue weighted by atomic mass is 14.7. The van der Waals surface area contributed by atoms with Crippen molar-refractivity contribution in [3.05, 3.63) is 102 Å². The van der Waals surface area contributed by atoms with Crippen LogP contribution in [0.5, 0.6) is 0 Å². The Labute approximate surface area is 151 Å². The molecule has 0 fully saturated rings. The SMILES string of the molecule is C1=C=CC(c2ccnc3c2ccc2c(-c4ccccc4)ccnc23)=CC=1. The molecular weight excluding hydrogens is 316 g/mol. The van der Waals surface area contributed by atoms with E-state index in [1.54, 1.807) is 0 Å². The van der Waals surface area contributed by atoms with Gasteiger partial charge in [-0.15, -0.1) is 0 Å². The van der Waals surface area contributed by atoms with Crippen LogP contribution < -0.4 is 0 Å². The highest BCUT2D eigenvalue weighted by molar-refractivity contribution is 6.10. The van der Waals surface area contributed by atoms with Crippen LogP contribution in [0.25, 0.3) is 38.5 Å². The summed E-state index contributed by atoms with van der Waals surface area (Å²) in [5, 5.41) is 2.21. The standard InChI is InChI=1S/C24H14N2/c1-3-7-17(8-4-1)19-13-15-25-23-21(19)11-12-22-20(14-16-26-24(22)23)18-9-5-2-6-10-18/h1,3-5,7-16H. The number of hydrogen-bond donors (Lipinski definition) is 0. The Morgan fingerprint density at radius 2 is 1.35 bits per heavy atom. The van der Waals surface area contributed by atoms with Crippen molar-refractivity contribution < 1.29 is 0 Å². The molecule has 2 nitrogen and oxygen atoms in total. The Morgan fingerprint density at radius 3 is 2.04 bits per heavy atom. The Morgan fingerprint density at radius 1 is 0.654 bits per heavy atom. The molecule has 0 N–H and O–H groups in total. The van der Waals surface area contributed by atoms with Crippen LogP contribution in [0, 0.1) is 0 Å². The molecule has 0 spiro atoms. The molecule has 26 heavy (non-hydrogen) atoms. The number of fused-ring (bicyclic) bond motifs is 3. The third-order valence-electron chi connectivity index (χ3n) is 4.67. The zero-order valence-corrected chi connectivity index (χ0v) is 14.0. The van der Waals surface area contributed by atoms with E-state index in [1.165, 1.54) is 11.1 Å². The summed E-state index contributed by atoms with van der Waals surface area (Å²) in [6, 6.07) is 18.8. The van der Waals surface area contributed by atoms with Crippen molar-refractivity contribution in [3.63, 3.8) is 0 Å². The third kappa shape index (κ3) is 2.30. The van der Waals surface area contributed by atoms with Crippen molar-refractivity contribution in [3.8, 4) is 11.1 Å². The summed E-state index contributed by atoms with van der Waals surface area (Å²) in [5.41, 5.74) is 12.4. The van der Waals surface area contributed by atoms with Crippen LogP contribution >= 0.6 is 0 Å². The van der Waals surface area contributed by atoms with E-state index in [9.17, 15) is 0 Å². The second-order valence-electron chi connectivity index (χ2n) is 6.16. The van der Waals surface area contributed by atoms with Gasteiger partial charge in [-0.05, 0) is 52.6 Å². The monoisotopic (exact) mass is 330 g/mol. The summed E-state index contributed by atoms with van der Waals surface area (Å²) in [4.78, 5) is 9.30. The van der Waals surface area contributed by atoms with E-state index in [0.717, 1.165) is 32.9 Å². The maximum atomic E-state index is 4.65. The minimum atomic E-state index is 0.922. The van der Waals surface area contributed by atoms with Crippen LogP contribution in [-0.4, -0.2) is 9.97 Å². The van der Waals surface area contributed by atoms with Crippen molar-refractivity contribution in [1.29, 1.82) is 0 Å². The first-order valence-electron chi connectivity index (χ1n) is 8.52. The molecule has 2 aromatic carbocycles. The molecule has 1 aliphatic carbocycles. The number of aromatic nitrogens is 2. The average Bonchev–Trinajstić information content (AvgIpc) is 2.74. The lowest BCUT2D eigenvalue weighted by Crippen LogP contribution is -1.92. The molecule has 2 heterocycles. The summed E-state index contributed by atoms with van der Waals surface area (Å²) >= 11 is 0. The quantitative estimate of drug-likeness (QED) is 0.347. The first kappa shape index (κ1) is 14.6. The van der Waals surface area contributed by atoms with Gasteiger partial charge in [0.25, 0.3) is 0 Å². The van der Waals surface area contributed by atoms with Crippen LogP contribution in [0.4, 0.5) is 0 Å². The molecule has 2 heteroatoms. The first-order chi connectivity index (χ1) is 12.9. The topological polar surface area (TPSA) is 25.8 Å². The molecule has 0 bridgehead atoms. The predicted molar refractivity (Wildman–Crippen MR) is 107 cm³/mol. The molecule has 120 valence electrons. The van der Waals surface area contributed by atoms with Gasteiger partial charge in [0.2, 0.25) is 0 Å². The molecule has 4 aromatic rings. The zero-order valence-electron chi connectivity index (χ0n) is 14.0. The van der Waals surface area contributed by atoms with Crippen molar-refractivity contribution in [2.24, 2.45) is 0 Å². The normalized spacial score (nSPS) is 12.7. The van der Waals surface area contributed by atoms with Crippen LogP contribution in [-0.2, 0) is 0 Å². The van der Waals surface area contributed by atoms with Crippen LogP contribution in [0.15, 0.2) is 96.7 Å². The Hall–Kier alpha value is -3.70. The summed E-state index contributed by atoms with van der Waals surface area (Å²) in [5.74, 6) is 0. The number of allylic oxidation sites excluding steroid dienone is 4. The van der Waals surface area contributed by atoms with E-state index >= 15 is 0 Å². The molecule has 5 rings (SSSR count). The van der Waals surface area contributed by atoms with Gasteiger partial charge in [0.1, 0.15) is 0 Å². The maximum absolute atomic E-state index is 4.65. The van der Waals surface area contributed by atoms with Gasteiger partial charge in [-0.3, -0.25) is 9.97 Å². The lowest BCUT2D eigenvalue weighted by molar-refractivity contribution is 1.37. The lowest BCUT2D eigenvalue weighted by Gasteiger charge is -2.11. The zero-order chi connectivity index (χ0) is 17.3. The maximum Gasteiger partial charge on any atom is 0.0970 e. The Balaban J connectivity index is 1.81. The molecule has 1 aliphatic rings. The molecular formula is C24H14N2. The number of hydrogen-bond acceptors (Lipinski definition) is 2. The smallest absolute Gasteiger partial charge is 0.0970 e. The second-order valence-corrected chi connectivity index (χ2v) is 6.16. The fourth-order valence-corrected chi connectivity index (χ4v) is 3.46. The molecule has 0 amide bonds. The van der Waals surface area contributed by atoms with Gasteiger partial charge in [0.15, 0.2) is 0 Å². The van der Waals surface area contributed by atoms with Gasteiger partial charge in [-0.25, -0.2) is 0 Å². The molecule has 0 unspecified atom stereocenters. The number of benzene rings is 2. The van der Waals surface area contributed by atoms with E-state index < -0.39 is 0 Å². The van der Waals surface area contributed by atoms with Crippen LogP contribution in [0.2, 0.25) is 0 Å². The van der Waals surface area contributed by atoms with Gasteiger partial charge >= 0.3 is 0 Å². The summed E-state index contributed by atoms with van der Waals surface area (Å²) in [6.45, 7) is 0. The molecule has 0 atom stereocenters. The minimum Gasteiger partial charge on any atom is -0.254 e. The number of rotatable bonds is 2. The summed E-state index contributed by atoms with van der Waals surface area (Å²) < 4.78 is 0. The van der Waals surface area contributed by atoms with Gasteiger partial charge in [0.05, 0.1) is 11.0 Å². The Bertz CT molecular complexity index is 1280. The average molecular weight is 330 g/mol. The van der Waals surface area contributed by atoms with E-state index in [0.29, 0.717) is 0 Å². The molecule has 0 radical (unpaired) electrons. The number of pyridine rings is 2. The van der Waals surface area contributed by atoms with Crippen molar-refractivity contribution >= 4 is 27.4 Å². The van der Waals surface area contributed by atoms with E-state index in [2.05, 4.69) is 63.9 Å². The van der Waals surface area contributed by atoms with Gasteiger partial charge in [-0.1, -0.05) is 53.9 Å². The lowest BCUT2D eigenvalue weighted by atomic mass is 9.96. The van der Waals surface area contributed by atoms with Gasteiger partial charge in [-0.2, -0.15) is 0 Å². The van der Waals surface area contributed by atoms with E-state index in [1.807, 2.05) is 42.8 Å². The highest BCUT2D eigenvalue weighted by Crippen LogP contribution is 2.33. The number of nitrogens with zero attached hydrogens (tertiary/aromatic N) is 2. The highest BCUT2D eigenvalue weighted by Gasteiger charge is 2.12. The fraction of sp³-hybridized carbons (Fsp3) is 0. The largest absolute Gasteiger partial charge is 0.254 e. The first-order valence-corrected chi connectivity index (χ1v) is 8.52. The van der Waals surface area contributed by atoms with Crippen molar-refractivity contribution in [2.75, 3.05) is 0 Å². The Kier molecular flexibility index (Phi) is 3.37. The summed E-state index contributed by atoms with van der Waals surface area (Å²) in [7, 11) is 0. The van der Waals surface area contributed by atoms with Crippen LogP contribution in [0.3, 0.4) is 0 Å².